The summed E-state index contributed by atoms with van der Waals surface area (Å²) in [6, 6.07) is 22.9. The highest BCUT2D eigenvalue weighted by Gasteiger charge is 2.23. The molecule has 0 aliphatic heterocycles. The predicted molar refractivity (Wildman–Crippen MR) is 122 cm³/mol. The minimum atomic E-state index is -0.154. The lowest BCUT2D eigenvalue weighted by Crippen LogP contribution is -2.30. The summed E-state index contributed by atoms with van der Waals surface area (Å²) in [6.45, 7) is 2.57. The minimum absolute atomic E-state index is 0.0453. The summed E-state index contributed by atoms with van der Waals surface area (Å²) >= 11 is 1.48. The number of carbonyl (C=O) groups excluding carboxylic acids is 1. The van der Waals surface area contributed by atoms with E-state index >= 15 is 0 Å². The Kier molecular flexibility index (Phi) is 5.05. The van der Waals surface area contributed by atoms with Crippen molar-refractivity contribution in [2.24, 2.45) is 0 Å². The van der Waals surface area contributed by atoms with Crippen molar-refractivity contribution in [3.63, 3.8) is 0 Å². The van der Waals surface area contributed by atoms with Gasteiger partial charge in [0.05, 0.1) is 28.0 Å². The molecule has 2 heterocycles. The number of rotatable bonds is 6. The number of fused-ring (bicyclic) bond motifs is 2. The van der Waals surface area contributed by atoms with Crippen LogP contribution in [0.25, 0.3) is 21.3 Å². The zero-order valence-corrected chi connectivity index (χ0v) is 17.6. The van der Waals surface area contributed by atoms with Crippen molar-refractivity contribution in [3.05, 3.63) is 72.8 Å². The number of ether oxygens (including phenoxy) is 1. The van der Waals surface area contributed by atoms with Crippen molar-refractivity contribution in [2.45, 2.75) is 13.5 Å². The molecule has 0 saturated carbocycles. The van der Waals surface area contributed by atoms with Crippen LogP contribution in [0.4, 0.5) is 10.8 Å². The van der Waals surface area contributed by atoms with Crippen LogP contribution in [0.15, 0.2) is 72.8 Å². The summed E-state index contributed by atoms with van der Waals surface area (Å²) < 4.78 is 8.19. The van der Waals surface area contributed by atoms with Crippen molar-refractivity contribution >= 4 is 49.3 Å². The number of nitrogens with zero attached hydrogens (tertiary/aromatic N) is 5. The number of carbonyl (C=O) groups is 1. The van der Waals surface area contributed by atoms with Crippen LogP contribution in [0.3, 0.4) is 0 Å². The third-order valence-electron chi connectivity index (χ3n) is 4.83. The average Bonchev–Trinajstić information content (AvgIpc) is 3.39. The molecule has 7 nitrogen and oxygen atoms in total. The predicted octanol–water partition coefficient (Wildman–Crippen LogP) is 4.80. The summed E-state index contributed by atoms with van der Waals surface area (Å²) in [4.78, 5) is 19.9. The zero-order chi connectivity index (χ0) is 21.2. The first-order chi connectivity index (χ1) is 15.2. The van der Waals surface area contributed by atoms with Gasteiger partial charge in [-0.3, -0.25) is 9.69 Å². The van der Waals surface area contributed by atoms with E-state index < -0.39 is 0 Å². The largest absolute Gasteiger partial charge is 0.494 e. The van der Waals surface area contributed by atoms with Gasteiger partial charge in [0.1, 0.15) is 17.8 Å². The molecule has 0 aliphatic rings. The Balaban J connectivity index is 1.54. The molecule has 31 heavy (non-hydrogen) atoms. The van der Waals surface area contributed by atoms with E-state index in [1.807, 2.05) is 79.7 Å². The topological polar surface area (TPSA) is 73.1 Å². The molecular formula is C23H19N5O2S. The first-order valence-electron chi connectivity index (χ1n) is 9.92. The summed E-state index contributed by atoms with van der Waals surface area (Å²) in [6.07, 6.45) is 0. The molecular weight excluding hydrogens is 410 g/mol. The molecule has 1 amide bonds. The monoisotopic (exact) mass is 429 g/mol. The van der Waals surface area contributed by atoms with Crippen LogP contribution < -0.4 is 9.64 Å². The molecule has 0 fully saturated rings. The van der Waals surface area contributed by atoms with Crippen LogP contribution in [0.1, 0.15) is 6.92 Å². The number of para-hydroxylation sites is 2. The molecule has 0 radical (unpaired) electrons. The number of hydrogen-bond acceptors (Lipinski definition) is 6. The van der Waals surface area contributed by atoms with Gasteiger partial charge in [-0.25, -0.2) is 9.67 Å². The molecule has 0 aliphatic carbocycles. The van der Waals surface area contributed by atoms with E-state index in [-0.39, 0.29) is 12.5 Å². The van der Waals surface area contributed by atoms with E-state index in [9.17, 15) is 4.79 Å². The summed E-state index contributed by atoms with van der Waals surface area (Å²) in [5.74, 6) is 0.601. The second-order valence-corrected chi connectivity index (χ2v) is 7.87. The van der Waals surface area contributed by atoms with Crippen LogP contribution in [0.5, 0.6) is 5.75 Å². The molecule has 154 valence electrons. The maximum atomic E-state index is 13.5. The SMILES string of the molecule is CCOc1ccc(N(C(=O)Cn2nnc3ccccc32)c2nc3ccccc3s2)cc1. The fourth-order valence-electron chi connectivity index (χ4n) is 3.41. The van der Waals surface area contributed by atoms with Gasteiger partial charge in [-0.15, -0.1) is 5.10 Å². The van der Waals surface area contributed by atoms with Crippen LogP contribution in [-0.2, 0) is 11.3 Å². The fourth-order valence-corrected chi connectivity index (χ4v) is 4.41. The third-order valence-corrected chi connectivity index (χ3v) is 5.86. The van der Waals surface area contributed by atoms with Crippen LogP contribution in [-0.4, -0.2) is 32.5 Å². The quantitative estimate of drug-likeness (QED) is 0.387. The minimum Gasteiger partial charge on any atom is -0.494 e. The molecule has 0 N–H and O–H groups in total. The first-order valence-corrected chi connectivity index (χ1v) is 10.7. The molecule has 5 rings (SSSR count). The Hall–Kier alpha value is -3.78. The summed E-state index contributed by atoms with van der Waals surface area (Å²) in [5, 5.41) is 8.94. The maximum absolute atomic E-state index is 13.5. The van der Waals surface area contributed by atoms with Gasteiger partial charge in [0, 0.05) is 0 Å². The molecule has 0 unspecified atom stereocenters. The number of benzene rings is 3. The van der Waals surface area contributed by atoms with Gasteiger partial charge in [-0.2, -0.15) is 0 Å². The third kappa shape index (κ3) is 3.73. The maximum Gasteiger partial charge on any atom is 0.255 e. The first kappa shape index (κ1) is 19.2. The van der Waals surface area contributed by atoms with Gasteiger partial charge in [-0.05, 0) is 55.5 Å². The molecule has 0 atom stereocenters. The van der Waals surface area contributed by atoms with E-state index in [0.29, 0.717) is 11.7 Å². The van der Waals surface area contributed by atoms with Gasteiger partial charge < -0.3 is 4.74 Å². The number of hydrogen-bond donors (Lipinski definition) is 0. The Morgan fingerprint density at radius 1 is 1.00 bits per heavy atom. The van der Waals surface area contributed by atoms with Crippen molar-refractivity contribution in [3.8, 4) is 5.75 Å². The van der Waals surface area contributed by atoms with Crippen molar-refractivity contribution in [1.29, 1.82) is 0 Å². The van der Waals surface area contributed by atoms with E-state index in [1.165, 1.54) is 11.3 Å². The van der Waals surface area contributed by atoms with Crippen LogP contribution in [0.2, 0.25) is 0 Å². The standard InChI is InChI=1S/C23H19N5O2S/c1-2-30-17-13-11-16(12-14-17)28(23-24-19-8-4-6-10-21(19)31-23)22(29)15-27-20-9-5-3-7-18(20)25-26-27/h3-14H,2,15H2,1H3. The lowest BCUT2D eigenvalue weighted by molar-refractivity contribution is -0.118. The van der Waals surface area contributed by atoms with Gasteiger partial charge in [0.2, 0.25) is 0 Å². The fraction of sp³-hybridized carbons (Fsp3) is 0.130. The highest BCUT2D eigenvalue weighted by atomic mass is 32.1. The van der Waals surface area contributed by atoms with E-state index in [4.69, 9.17) is 9.72 Å². The molecule has 0 spiro atoms. The van der Waals surface area contributed by atoms with E-state index in [2.05, 4.69) is 10.3 Å². The smallest absolute Gasteiger partial charge is 0.255 e. The van der Waals surface area contributed by atoms with Crippen LogP contribution >= 0.6 is 11.3 Å². The molecule has 2 aromatic heterocycles. The Bertz CT molecular complexity index is 1330. The number of amides is 1. The second kappa shape index (κ2) is 8.16. The number of anilines is 2. The number of thiazole rings is 1. The Morgan fingerprint density at radius 2 is 1.74 bits per heavy atom. The lowest BCUT2D eigenvalue weighted by atomic mass is 10.2. The van der Waals surface area contributed by atoms with E-state index in [0.717, 1.165) is 32.7 Å². The van der Waals surface area contributed by atoms with Gasteiger partial charge in [0.15, 0.2) is 5.13 Å². The summed E-state index contributed by atoms with van der Waals surface area (Å²) in [5.41, 5.74) is 3.14. The van der Waals surface area contributed by atoms with Crippen molar-refractivity contribution in [2.75, 3.05) is 11.5 Å². The van der Waals surface area contributed by atoms with Crippen molar-refractivity contribution < 1.29 is 9.53 Å². The Labute approximate surface area is 182 Å². The highest BCUT2D eigenvalue weighted by molar-refractivity contribution is 7.22. The average molecular weight is 430 g/mol. The lowest BCUT2D eigenvalue weighted by Gasteiger charge is -2.20. The van der Waals surface area contributed by atoms with Crippen LogP contribution in [0, 0.1) is 0 Å². The van der Waals surface area contributed by atoms with Gasteiger partial charge in [0.25, 0.3) is 5.91 Å². The Morgan fingerprint density at radius 3 is 2.52 bits per heavy atom. The molecule has 8 heteroatoms. The summed E-state index contributed by atoms with van der Waals surface area (Å²) in [7, 11) is 0. The molecule has 0 saturated heterocycles. The van der Waals surface area contributed by atoms with Crippen molar-refractivity contribution in [1.82, 2.24) is 20.0 Å². The van der Waals surface area contributed by atoms with Gasteiger partial charge >= 0.3 is 0 Å². The number of aromatic nitrogens is 4. The normalized spacial score (nSPS) is 11.1. The van der Waals surface area contributed by atoms with E-state index in [1.54, 1.807) is 9.58 Å². The molecule has 0 bridgehead atoms. The molecule has 3 aromatic carbocycles. The highest BCUT2D eigenvalue weighted by Crippen LogP contribution is 2.34. The zero-order valence-electron chi connectivity index (χ0n) is 16.8. The molecule has 5 aromatic rings. The van der Waals surface area contributed by atoms with Gasteiger partial charge in [-0.1, -0.05) is 40.8 Å². The second-order valence-electron chi connectivity index (χ2n) is 6.86.